The number of hydrogen-bond donors (Lipinski definition) is 0. The minimum Gasteiger partial charge on any atom is -0.331 e. The number of nitrogens with zero attached hydrogens (tertiary/aromatic N) is 2. The maximum Gasteiger partial charge on any atom is 0.246 e. The number of amides is 2. The lowest BCUT2D eigenvalue weighted by atomic mass is 10.1. The predicted octanol–water partition coefficient (Wildman–Crippen LogP) is 2.76. The van der Waals surface area contributed by atoms with Crippen LogP contribution in [0.25, 0.3) is 0 Å². The van der Waals surface area contributed by atoms with E-state index in [9.17, 15) is 9.59 Å². The summed E-state index contributed by atoms with van der Waals surface area (Å²) in [5.74, 6) is -0.0831. The van der Waals surface area contributed by atoms with Crippen LogP contribution >= 0.6 is 11.6 Å². The van der Waals surface area contributed by atoms with Gasteiger partial charge in [0.15, 0.2) is 0 Å². The molecule has 4 nitrogen and oxygen atoms in total. The first kappa shape index (κ1) is 15.6. The number of anilines is 1. The highest BCUT2D eigenvalue weighted by atomic mass is 35.5. The van der Waals surface area contributed by atoms with Gasteiger partial charge in [0.05, 0.1) is 6.42 Å². The molecule has 0 unspecified atom stereocenters. The van der Waals surface area contributed by atoms with Crippen LogP contribution in [-0.2, 0) is 16.0 Å². The molecule has 3 rings (SSSR count). The Kier molecular flexibility index (Phi) is 4.63. The molecule has 0 aliphatic carbocycles. The van der Waals surface area contributed by atoms with Crippen LogP contribution in [0.15, 0.2) is 54.6 Å². The van der Waals surface area contributed by atoms with Crippen molar-refractivity contribution in [1.82, 2.24) is 4.90 Å². The van der Waals surface area contributed by atoms with E-state index in [1.807, 2.05) is 42.5 Å². The summed E-state index contributed by atoms with van der Waals surface area (Å²) < 4.78 is 0. The third-order valence-corrected chi connectivity index (χ3v) is 4.16. The summed E-state index contributed by atoms with van der Waals surface area (Å²) in [6, 6.07) is 16.7. The zero-order chi connectivity index (χ0) is 16.2. The van der Waals surface area contributed by atoms with Gasteiger partial charge in [0, 0.05) is 23.8 Å². The van der Waals surface area contributed by atoms with Gasteiger partial charge in [0.1, 0.15) is 6.54 Å². The highest BCUT2D eigenvalue weighted by molar-refractivity contribution is 6.30. The van der Waals surface area contributed by atoms with Gasteiger partial charge in [-0.3, -0.25) is 9.59 Å². The molecule has 2 amide bonds. The summed E-state index contributed by atoms with van der Waals surface area (Å²) >= 11 is 5.84. The molecule has 0 spiro atoms. The Morgan fingerprint density at radius 1 is 1.00 bits per heavy atom. The molecule has 2 aromatic rings. The van der Waals surface area contributed by atoms with E-state index in [-0.39, 0.29) is 24.8 Å². The van der Waals surface area contributed by atoms with Crippen molar-refractivity contribution < 1.29 is 9.59 Å². The van der Waals surface area contributed by atoms with Gasteiger partial charge in [-0.2, -0.15) is 0 Å². The van der Waals surface area contributed by atoms with E-state index in [1.54, 1.807) is 21.9 Å². The number of rotatable bonds is 3. The van der Waals surface area contributed by atoms with E-state index in [2.05, 4.69) is 0 Å². The molecule has 0 radical (unpaired) electrons. The lowest BCUT2D eigenvalue weighted by molar-refractivity contribution is -0.136. The summed E-state index contributed by atoms with van der Waals surface area (Å²) in [6.45, 7) is 1.20. The molecule has 1 fully saturated rings. The van der Waals surface area contributed by atoms with Gasteiger partial charge in [0.2, 0.25) is 11.8 Å². The van der Waals surface area contributed by atoms with Gasteiger partial charge >= 0.3 is 0 Å². The quantitative estimate of drug-likeness (QED) is 0.869. The summed E-state index contributed by atoms with van der Waals surface area (Å²) in [4.78, 5) is 28.0. The average molecular weight is 329 g/mol. The third kappa shape index (κ3) is 3.71. The lowest BCUT2D eigenvalue weighted by Gasteiger charge is -2.34. The molecule has 0 N–H and O–H groups in total. The first-order chi connectivity index (χ1) is 11.1. The van der Waals surface area contributed by atoms with Crippen molar-refractivity contribution in [2.75, 3.05) is 24.5 Å². The number of piperazine rings is 1. The number of carbonyl (C=O) groups excluding carboxylic acids is 2. The lowest BCUT2D eigenvalue weighted by Crippen LogP contribution is -2.52. The molecule has 1 aliphatic heterocycles. The molecule has 1 saturated heterocycles. The van der Waals surface area contributed by atoms with Crippen LogP contribution in [0.4, 0.5) is 5.69 Å². The van der Waals surface area contributed by atoms with Gasteiger partial charge < -0.3 is 9.80 Å². The number of carbonyl (C=O) groups is 2. The molecule has 0 aromatic heterocycles. The Bertz CT molecular complexity index is 701. The first-order valence-corrected chi connectivity index (χ1v) is 7.89. The fourth-order valence-corrected chi connectivity index (χ4v) is 2.78. The maximum atomic E-state index is 12.4. The van der Waals surface area contributed by atoms with Gasteiger partial charge in [0.25, 0.3) is 0 Å². The summed E-state index contributed by atoms with van der Waals surface area (Å²) in [5.41, 5.74) is 1.78. The van der Waals surface area contributed by atoms with E-state index >= 15 is 0 Å². The zero-order valence-corrected chi connectivity index (χ0v) is 13.4. The highest BCUT2D eigenvalue weighted by Crippen LogP contribution is 2.17. The van der Waals surface area contributed by atoms with Crippen LogP contribution in [-0.4, -0.2) is 36.3 Å². The van der Waals surface area contributed by atoms with E-state index in [1.165, 1.54) is 0 Å². The summed E-state index contributed by atoms with van der Waals surface area (Å²) in [5, 5.41) is 0.646. The van der Waals surface area contributed by atoms with Crippen molar-refractivity contribution in [3.8, 4) is 0 Å². The fourth-order valence-electron chi connectivity index (χ4n) is 2.66. The van der Waals surface area contributed by atoms with Crippen molar-refractivity contribution in [2.45, 2.75) is 6.42 Å². The molecule has 1 aliphatic rings. The Hall–Kier alpha value is -2.33. The van der Waals surface area contributed by atoms with Crippen LogP contribution in [0.1, 0.15) is 5.56 Å². The monoisotopic (exact) mass is 328 g/mol. The number of hydrogen-bond acceptors (Lipinski definition) is 2. The van der Waals surface area contributed by atoms with Crippen molar-refractivity contribution in [3.63, 3.8) is 0 Å². The second-order valence-corrected chi connectivity index (χ2v) is 5.94. The molecule has 23 heavy (non-hydrogen) atoms. The van der Waals surface area contributed by atoms with Gasteiger partial charge in [-0.25, -0.2) is 0 Å². The molecule has 118 valence electrons. The van der Waals surface area contributed by atoms with Crippen LogP contribution < -0.4 is 4.90 Å². The average Bonchev–Trinajstić information content (AvgIpc) is 2.57. The number of halogens is 1. The van der Waals surface area contributed by atoms with Gasteiger partial charge in [-0.15, -0.1) is 0 Å². The van der Waals surface area contributed by atoms with E-state index < -0.39 is 0 Å². The molecular formula is C18H17ClN2O2. The minimum absolute atomic E-state index is 0.0339. The summed E-state index contributed by atoms with van der Waals surface area (Å²) in [7, 11) is 0. The van der Waals surface area contributed by atoms with Crippen molar-refractivity contribution in [3.05, 3.63) is 65.2 Å². The second kappa shape index (κ2) is 6.84. The van der Waals surface area contributed by atoms with Crippen molar-refractivity contribution in [2.24, 2.45) is 0 Å². The normalized spacial score (nSPS) is 14.9. The third-order valence-electron chi connectivity index (χ3n) is 3.91. The van der Waals surface area contributed by atoms with Crippen LogP contribution in [0.2, 0.25) is 5.02 Å². The van der Waals surface area contributed by atoms with Crippen LogP contribution in [0.5, 0.6) is 0 Å². The fraction of sp³-hybridized carbons (Fsp3) is 0.222. The topological polar surface area (TPSA) is 40.6 Å². The minimum atomic E-state index is -0.0492. The van der Waals surface area contributed by atoms with E-state index in [4.69, 9.17) is 11.6 Å². The SMILES string of the molecule is O=C(Cc1ccc(Cl)cc1)N1CCN(c2ccccc2)C(=O)C1. The van der Waals surface area contributed by atoms with E-state index in [0.717, 1.165) is 11.3 Å². The Morgan fingerprint density at radius 2 is 1.70 bits per heavy atom. The highest BCUT2D eigenvalue weighted by Gasteiger charge is 2.27. The smallest absolute Gasteiger partial charge is 0.246 e. The standard InChI is InChI=1S/C18H17ClN2O2/c19-15-8-6-14(7-9-15)12-17(22)20-10-11-21(18(23)13-20)16-4-2-1-3-5-16/h1-9H,10-13H2. The molecule has 0 bridgehead atoms. The van der Waals surface area contributed by atoms with E-state index in [0.29, 0.717) is 18.1 Å². The maximum absolute atomic E-state index is 12.4. The largest absolute Gasteiger partial charge is 0.331 e. The Balaban J connectivity index is 1.62. The Morgan fingerprint density at radius 3 is 2.35 bits per heavy atom. The number of para-hydroxylation sites is 1. The van der Waals surface area contributed by atoms with Crippen molar-refractivity contribution in [1.29, 1.82) is 0 Å². The number of benzene rings is 2. The zero-order valence-electron chi connectivity index (χ0n) is 12.6. The molecule has 1 heterocycles. The molecule has 0 saturated carbocycles. The van der Waals surface area contributed by atoms with Crippen LogP contribution in [0.3, 0.4) is 0 Å². The van der Waals surface area contributed by atoms with Gasteiger partial charge in [-0.1, -0.05) is 41.9 Å². The second-order valence-electron chi connectivity index (χ2n) is 5.50. The van der Waals surface area contributed by atoms with Crippen molar-refractivity contribution >= 4 is 29.1 Å². The van der Waals surface area contributed by atoms with Gasteiger partial charge in [-0.05, 0) is 29.8 Å². The molecule has 5 heteroatoms. The Labute approximate surface area is 140 Å². The molecule has 2 aromatic carbocycles. The first-order valence-electron chi connectivity index (χ1n) is 7.51. The molecule has 0 atom stereocenters. The summed E-state index contributed by atoms with van der Waals surface area (Å²) in [6.07, 6.45) is 0.287. The predicted molar refractivity (Wildman–Crippen MR) is 90.5 cm³/mol. The van der Waals surface area contributed by atoms with Crippen LogP contribution in [0, 0.1) is 0 Å². The molecular weight excluding hydrogens is 312 g/mol.